The molecule has 0 amide bonds. The predicted octanol–water partition coefficient (Wildman–Crippen LogP) is 1.65. The van der Waals surface area contributed by atoms with Gasteiger partial charge in [0.1, 0.15) is 11.2 Å². The Labute approximate surface area is 157 Å². The van der Waals surface area contributed by atoms with Crippen molar-refractivity contribution in [1.29, 1.82) is 0 Å². The average molecular weight is 380 g/mol. The number of nitrogen functional groups attached to an aromatic ring is 1. The molecule has 27 heavy (non-hydrogen) atoms. The number of rotatable bonds is 3. The molecule has 2 aromatic carbocycles. The molecule has 1 atom stereocenters. The summed E-state index contributed by atoms with van der Waals surface area (Å²) >= 11 is -1.58. The van der Waals surface area contributed by atoms with Gasteiger partial charge in [-0.1, -0.05) is 17.7 Å². The number of nitrogens with zero attached hydrogens (tertiary/aromatic N) is 3. The Balaban J connectivity index is 2.02. The Morgan fingerprint density at radius 1 is 1.11 bits per heavy atom. The number of aryl methyl sites for hydroxylation is 1. The molecule has 2 aromatic heterocycles. The van der Waals surface area contributed by atoms with Gasteiger partial charge in [-0.05, 0) is 43.3 Å². The first-order valence-electron chi connectivity index (χ1n) is 8.06. The van der Waals surface area contributed by atoms with E-state index in [0.29, 0.717) is 27.6 Å². The third-order valence-electron chi connectivity index (χ3n) is 4.26. The van der Waals surface area contributed by atoms with Crippen LogP contribution in [0.15, 0.2) is 58.2 Å². The maximum Gasteiger partial charge on any atom is 0.271 e. The Hall–Kier alpha value is -3.14. The van der Waals surface area contributed by atoms with Crippen molar-refractivity contribution in [2.24, 2.45) is 5.14 Å². The van der Waals surface area contributed by atoms with E-state index in [9.17, 15) is 9.35 Å². The largest absolute Gasteiger partial charge is 0.593 e. The lowest BCUT2D eigenvalue weighted by Gasteiger charge is -2.13. The molecule has 0 saturated carbocycles. The van der Waals surface area contributed by atoms with E-state index in [1.54, 1.807) is 24.3 Å². The molecule has 0 saturated heterocycles. The maximum absolute atomic E-state index is 13.2. The van der Waals surface area contributed by atoms with Crippen molar-refractivity contribution in [3.8, 4) is 17.1 Å². The average Bonchev–Trinajstić information content (AvgIpc) is 3.04. The second-order valence-corrected chi connectivity index (χ2v) is 7.13. The SMILES string of the molecule is Cc1ccc(-n2c(-c3ccc([S+](N)[O-])cc3)nc3[nH]nc(N)c3c2=O)cc1. The highest BCUT2D eigenvalue weighted by Gasteiger charge is 2.18. The van der Waals surface area contributed by atoms with Crippen molar-refractivity contribution in [2.75, 3.05) is 5.73 Å². The van der Waals surface area contributed by atoms with Crippen molar-refractivity contribution < 1.29 is 4.55 Å². The van der Waals surface area contributed by atoms with E-state index < -0.39 is 11.4 Å². The fourth-order valence-electron chi connectivity index (χ4n) is 2.87. The molecule has 0 fully saturated rings. The summed E-state index contributed by atoms with van der Waals surface area (Å²) in [5.74, 6) is 0.512. The number of nitrogens with two attached hydrogens (primary N) is 2. The van der Waals surface area contributed by atoms with Gasteiger partial charge in [-0.25, -0.2) is 4.98 Å². The molecule has 0 aliphatic rings. The van der Waals surface area contributed by atoms with E-state index in [2.05, 4.69) is 15.2 Å². The van der Waals surface area contributed by atoms with Crippen molar-refractivity contribution in [3.05, 3.63) is 64.4 Å². The molecule has 136 valence electrons. The Kier molecular flexibility index (Phi) is 4.19. The van der Waals surface area contributed by atoms with Crippen LogP contribution in [0.3, 0.4) is 0 Å². The van der Waals surface area contributed by atoms with E-state index in [-0.39, 0.29) is 16.8 Å². The molecular weight excluding hydrogens is 364 g/mol. The number of anilines is 1. The van der Waals surface area contributed by atoms with Gasteiger partial charge in [0, 0.05) is 5.56 Å². The third-order valence-corrected chi connectivity index (χ3v) is 5.00. The summed E-state index contributed by atoms with van der Waals surface area (Å²) in [7, 11) is 0. The van der Waals surface area contributed by atoms with Gasteiger partial charge in [0.2, 0.25) is 0 Å². The van der Waals surface area contributed by atoms with Crippen LogP contribution >= 0.6 is 0 Å². The fraction of sp³-hybridized carbons (Fsp3) is 0.0556. The molecular formula is C18H16N6O2S. The molecule has 8 nitrogen and oxygen atoms in total. The summed E-state index contributed by atoms with van der Waals surface area (Å²) in [5, 5.41) is 12.2. The normalized spacial score (nSPS) is 12.4. The minimum atomic E-state index is -1.58. The highest BCUT2D eigenvalue weighted by molar-refractivity contribution is 7.89. The van der Waals surface area contributed by atoms with Crippen LogP contribution in [0.4, 0.5) is 5.82 Å². The topological polar surface area (TPSA) is 139 Å². The second-order valence-electron chi connectivity index (χ2n) is 6.07. The zero-order valence-electron chi connectivity index (χ0n) is 14.3. The standard InChI is InChI=1S/C18H16N6O2S/c1-10-2-6-12(7-3-10)24-17(11-4-8-13(9-5-11)27(20)26)21-16-14(18(24)25)15(19)22-23-16/h2-9H,20H2,1H3,(H3,19,22,23). The first-order chi connectivity index (χ1) is 13.0. The van der Waals surface area contributed by atoms with Crippen LogP contribution in [0, 0.1) is 6.92 Å². The molecule has 0 aliphatic carbocycles. The second kappa shape index (κ2) is 6.54. The molecule has 1 unspecified atom stereocenters. The smallest absolute Gasteiger partial charge is 0.271 e. The molecule has 4 aromatic rings. The highest BCUT2D eigenvalue weighted by atomic mass is 32.2. The van der Waals surface area contributed by atoms with Crippen LogP contribution in [0.2, 0.25) is 0 Å². The molecule has 0 spiro atoms. The van der Waals surface area contributed by atoms with Gasteiger partial charge in [-0.15, -0.1) is 5.14 Å². The number of nitrogens with one attached hydrogen (secondary N) is 1. The van der Waals surface area contributed by atoms with Crippen LogP contribution < -0.4 is 16.4 Å². The monoisotopic (exact) mass is 380 g/mol. The summed E-state index contributed by atoms with van der Waals surface area (Å²) in [6.07, 6.45) is 0. The van der Waals surface area contributed by atoms with Crippen LogP contribution in [-0.4, -0.2) is 24.3 Å². The third kappa shape index (κ3) is 2.97. The molecule has 9 heteroatoms. The lowest BCUT2D eigenvalue weighted by atomic mass is 10.1. The zero-order valence-corrected chi connectivity index (χ0v) is 15.2. The molecule has 5 N–H and O–H groups in total. The van der Waals surface area contributed by atoms with Crippen molar-refractivity contribution in [1.82, 2.24) is 19.7 Å². The number of H-pyrrole nitrogens is 1. The lowest BCUT2D eigenvalue weighted by molar-refractivity contribution is 0.596. The molecule has 4 rings (SSSR count). The van der Waals surface area contributed by atoms with Crippen molar-refractivity contribution in [3.63, 3.8) is 0 Å². The van der Waals surface area contributed by atoms with E-state index in [0.717, 1.165) is 5.56 Å². The number of aromatic nitrogens is 4. The Bertz CT molecular complexity index is 1180. The van der Waals surface area contributed by atoms with Crippen LogP contribution in [-0.2, 0) is 11.4 Å². The van der Waals surface area contributed by atoms with E-state index in [4.69, 9.17) is 10.9 Å². The Morgan fingerprint density at radius 3 is 2.41 bits per heavy atom. The van der Waals surface area contributed by atoms with Crippen LogP contribution in [0.1, 0.15) is 5.56 Å². The van der Waals surface area contributed by atoms with Crippen LogP contribution in [0.25, 0.3) is 28.1 Å². The highest BCUT2D eigenvalue weighted by Crippen LogP contribution is 2.24. The van der Waals surface area contributed by atoms with Crippen LogP contribution in [0.5, 0.6) is 0 Å². The first-order valence-corrected chi connectivity index (χ1v) is 9.27. The molecule has 0 bridgehead atoms. The molecule has 0 aliphatic heterocycles. The van der Waals surface area contributed by atoms with E-state index in [1.165, 1.54) is 4.57 Å². The van der Waals surface area contributed by atoms with Gasteiger partial charge in [0.05, 0.1) is 17.0 Å². The Morgan fingerprint density at radius 2 is 1.78 bits per heavy atom. The summed E-state index contributed by atoms with van der Waals surface area (Å²) in [4.78, 5) is 18.2. The fourth-order valence-corrected chi connectivity index (χ4v) is 3.27. The predicted molar refractivity (Wildman–Crippen MR) is 105 cm³/mol. The van der Waals surface area contributed by atoms with E-state index >= 15 is 0 Å². The maximum atomic E-state index is 13.2. The summed E-state index contributed by atoms with van der Waals surface area (Å²) in [5.41, 5.74) is 8.22. The minimum absolute atomic E-state index is 0.101. The van der Waals surface area contributed by atoms with Crippen molar-refractivity contribution >= 4 is 28.2 Å². The molecule has 0 radical (unpaired) electrons. The lowest BCUT2D eigenvalue weighted by Crippen LogP contribution is -2.22. The van der Waals surface area contributed by atoms with Gasteiger partial charge in [0.25, 0.3) is 5.56 Å². The summed E-state index contributed by atoms with van der Waals surface area (Å²) < 4.78 is 12.9. The van der Waals surface area contributed by atoms with Gasteiger partial charge < -0.3 is 10.3 Å². The number of aromatic amines is 1. The molecule has 2 heterocycles. The summed E-state index contributed by atoms with van der Waals surface area (Å²) in [6.45, 7) is 1.97. The van der Waals surface area contributed by atoms with Crippen molar-refractivity contribution in [2.45, 2.75) is 11.8 Å². The zero-order chi connectivity index (χ0) is 19.1. The van der Waals surface area contributed by atoms with Gasteiger partial charge in [0.15, 0.2) is 16.4 Å². The van der Waals surface area contributed by atoms with Gasteiger partial charge in [-0.3, -0.25) is 14.5 Å². The van der Waals surface area contributed by atoms with Gasteiger partial charge in [-0.2, -0.15) is 5.10 Å². The van der Waals surface area contributed by atoms with Gasteiger partial charge >= 0.3 is 0 Å². The first kappa shape index (κ1) is 17.3. The number of benzene rings is 2. The summed E-state index contributed by atoms with van der Waals surface area (Å²) in [6, 6.07) is 14.2. The number of hydrogen-bond donors (Lipinski definition) is 3. The van der Waals surface area contributed by atoms with E-state index in [1.807, 2.05) is 31.2 Å². The minimum Gasteiger partial charge on any atom is -0.593 e. The number of fused-ring (bicyclic) bond motifs is 1. The quantitative estimate of drug-likeness (QED) is 0.462. The number of hydrogen-bond acceptors (Lipinski definition) is 6.